The third-order valence-corrected chi connectivity index (χ3v) is 4.97. The molecule has 1 heterocycles. The molecule has 1 N–H and O–H groups in total. The van der Waals surface area contributed by atoms with Crippen LogP contribution >= 0.6 is 0 Å². The predicted molar refractivity (Wildman–Crippen MR) is 75.2 cm³/mol. The number of aromatic hydroxyl groups is 1. The largest absolute Gasteiger partial charge is 0.507 e. The molecule has 1 aliphatic heterocycles. The molecule has 0 unspecified atom stereocenters. The van der Waals surface area contributed by atoms with Gasteiger partial charge < -0.3 is 9.84 Å². The molecule has 0 saturated carbocycles. The third kappa shape index (κ3) is 2.06. The second-order valence-electron chi connectivity index (χ2n) is 4.40. The number of para-hydroxylation sites is 1. The molecule has 0 atom stereocenters. The van der Waals surface area contributed by atoms with Gasteiger partial charge >= 0.3 is 0 Å². The summed E-state index contributed by atoms with van der Waals surface area (Å²) >= 11 is 0. The summed E-state index contributed by atoms with van der Waals surface area (Å²) in [6.45, 7) is -0.0551. The van der Waals surface area contributed by atoms with Crippen molar-refractivity contribution in [3.63, 3.8) is 0 Å². The van der Waals surface area contributed by atoms with Gasteiger partial charge in [0.1, 0.15) is 18.1 Å². The van der Waals surface area contributed by atoms with E-state index in [-0.39, 0.29) is 22.2 Å². The molecular weight excluding hydrogens is 276 g/mol. The van der Waals surface area contributed by atoms with E-state index in [1.807, 2.05) is 18.2 Å². The first-order valence-corrected chi connectivity index (χ1v) is 7.53. The molecule has 0 spiro atoms. The van der Waals surface area contributed by atoms with Gasteiger partial charge in [-0.3, -0.25) is 0 Å². The lowest BCUT2D eigenvalue weighted by atomic mass is 10.2. The highest BCUT2D eigenvalue weighted by Gasteiger charge is 2.31. The summed E-state index contributed by atoms with van der Waals surface area (Å²) in [4.78, 5) is 0.280. The van der Waals surface area contributed by atoms with Gasteiger partial charge in [-0.15, -0.1) is 0 Å². The first kappa shape index (κ1) is 12.7. The lowest BCUT2D eigenvalue weighted by Gasteiger charge is -2.07. The van der Waals surface area contributed by atoms with Crippen LogP contribution < -0.4 is 4.74 Å². The van der Waals surface area contributed by atoms with Gasteiger partial charge in [-0.25, -0.2) is 8.42 Å². The van der Waals surface area contributed by atoms with Crippen LogP contribution in [0.3, 0.4) is 0 Å². The van der Waals surface area contributed by atoms with Gasteiger partial charge in [-0.2, -0.15) is 0 Å². The molecule has 0 aromatic heterocycles. The van der Waals surface area contributed by atoms with E-state index in [2.05, 4.69) is 0 Å². The summed E-state index contributed by atoms with van der Waals surface area (Å²) in [6.07, 6.45) is 1.46. The van der Waals surface area contributed by atoms with Crippen molar-refractivity contribution in [1.82, 2.24) is 0 Å². The molecule has 0 bridgehead atoms. The van der Waals surface area contributed by atoms with Gasteiger partial charge in [0.25, 0.3) is 0 Å². The second kappa shape index (κ2) is 4.68. The Balaban J connectivity index is 1.89. The Kier molecular flexibility index (Phi) is 2.99. The fourth-order valence-corrected chi connectivity index (χ4v) is 3.56. The van der Waals surface area contributed by atoms with Crippen molar-refractivity contribution in [2.45, 2.75) is 4.90 Å². The second-order valence-corrected chi connectivity index (χ2v) is 6.38. The SMILES string of the molecule is O=S1(=O)C(COc2ccccc2)=Cc2c(O)cccc21. The van der Waals surface area contributed by atoms with E-state index in [1.165, 1.54) is 24.3 Å². The summed E-state index contributed by atoms with van der Waals surface area (Å²) in [5, 5.41) is 9.72. The molecule has 0 aliphatic carbocycles. The smallest absolute Gasteiger partial charge is 0.206 e. The number of hydrogen-bond acceptors (Lipinski definition) is 4. The minimum atomic E-state index is -3.56. The monoisotopic (exact) mass is 288 g/mol. The summed E-state index contributed by atoms with van der Waals surface area (Å²) in [5.41, 5.74) is 0.333. The van der Waals surface area contributed by atoms with Crippen LogP contribution in [0, 0.1) is 0 Å². The maximum Gasteiger partial charge on any atom is 0.206 e. The summed E-state index contributed by atoms with van der Waals surface area (Å²) in [6, 6.07) is 13.5. The third-order valence-electron chi connectivity index (χ3n) is 3.11. The highest BCUT2D eigenvalue weighted by molar-refractivity contribution is 7.95. The molecule has 0 amide bonds. The fourth-order valence-electron chi connectivity index (χ4n) is 2.08. The summed E-state index contributed by atoms with van der Waals surface area (Å²) in [5.74, 6) is 0.560. The number of benzene rings is 2. The van der Waals surface area contributed by atoms with E-state index in [9.17, 15) is 13.5 Å². The number of phenols is 1. The number of sulfone groups is 1. The Labute approximate surface area is 116 Å². The van der Waals surface area contributed by atoms with Crippen LogP contribution in [0.4, 0.5) is 0 Å². The van der Waals surface area contributed by atoms with Crippen LogP contribution in [0.1, 0.15) is 5.56 Å². The van der Waals surface area contributed by atoms with Crippen molar-refractivity contribution >= 4 is 15.9 Å². The molecule has 3 rings (SSSR count). The van der Waals surface area contributed by atoms with Crippen molar-refractivity contribution in [3.8, 4) is 11.5 Å². The van der Waals surface area contributed by atoms with Gasteiger partial charge in [0.05, 0.1) is 9.80 Å². The van der Waals surface area contributed by atoms with Crippen LogP contribution in [-0.2, 0) is 9.84 Å². The minimum Gasteiger partial charge on any atom is -0.507 e. The Bertz CT molecular complexity index is 777. The van der Waals surface area contributed by atoms with E-state index in [1.54, 1.807) is 12.1 Å². The van der Waals surface area contributed by atoms with E-state index in [0.29, 0.717) is 11.3 Å². The first-order chi connectivity index (χ1) is 9.59. The zero-order valence-electron chi connectivity index (χ0n) is 10.5. The molecule has 4 nitrogen and oxygen atoms in total. The minimum absolute atomic E-state index is 0.0409. The van der Waals surface area contributed by atoms with Crippen LogP contribution in [0.2, 0.25) is 0 Å². The summed E-state index contributed by atoms with van der Waals surface area (Å²) < 4.78 is 30.1. The highest BCUT2D eigenvalue weighted by atomic mass is 32.2. The average Bonchev–Trinajstić information content (AvgIpc) is 2.71. The Hall–Kier alpha value is -2.27. The van der Waals surface area contributed by atoms with E-state index in [4.69, 9.17) is 4.74 Å². The molecule has 0 fully saturated rings. The number of rotatable bonds is 3. The molecule has 20 heavy (non-hydrogen) atoms. The zero-order valence-corrected chi connectivity index (χ0v) is 11.3. The van der Waals surface area contributed by atoms with Gasteiger partial charge in [0, 0.05) is 5.56 Å². The van der Waals surface area contributed by atoms with Crippen LogP contribution in [0.5, 0.6) is 11.5 Å². The summed E-state index contributed by atoms with van der Waals surface area (Å²) in [7, 11) is -3.56. The van der Waals surface area contributed by atoms with E-state index >= 15 is 0 Å². The molecule has 0 saturated heterocycles. The van der Waals surface area contributed by atoms with Crippen LogP contribution in [0.15, 0.2) is 58.3 Å². The standard InChI is InChI=1S/C15H12O4S/c16-14-7-4-8-15-13(14)9-12(20(15,17)18)10-19-11-5-2-1-3-6-11/h1-9,16H,10H2. The van der Waals surface area contributed by atoms with Crippen molar-refractivity contribution in [2.75, 3.05) is 6.61 Å². The number of ether oxygens (including phenoxy) is 1. The highest BCUT2D eigenvalue weighted by Crippen LogP contribution is 2.37. The zero-order chi connectivity index (χ0) is 14.2. The quantitative estimate of drug-likeness (QED) is 0.943. The molecular formula is C15H12O4S. The van der Waals surface area contributed by atoms with Crippen LogP contribution in [0.25, 0.3) is 6.08 Å². The van der Waals surface area contributed by atoms with E-state index in [0.717, 1.165) is 0 Å². The van der Waals surface area contributed by atoms with Crippen LogP contribution in [-0.4, -0.2) is 20.1 Å². The lowest BCUT2D eigenvalue weighted by molar-refractivity contribution is 0.359. The molecule has 1 aliphatic rings. The van der Waals surface area contributed by atoms with Crippen molar-refractivity contribution < 1.29 is 18.3 Å². The Morgan fingerprint density at radius 1 is 1.00 bits per heavy atom. The van der Waals surface area contributed by atoms with Gasteiger partial charge in [-0.1, -0.05) is 24.3 Å². The predicted octanol–water partition coefficient (Wildman–Crippen LogP) is 2.60. The topological polar surface area (TPSA) is 63.6 Å². The first-order valence-electron chi connectivity index (χ1n) is 6.04. The molecule has 5 heteroatoms. The lowest BCUT2D eigenvalue weighted by Crippen LogP contribution is -2.08. The molecule has 2 aromatic carbocycles. The number of hydrogen-bond donors (Lipinski definition) is 1. The van der Waals surface area contributed by atoms with Gasteiger partial charge in [0.15, 0.2) is 0 Å². The number of phenolic OH excluding ortho intramolecular Hbond substituents is 1. The Morgan fingerprint density at radius 2 is 1.75 bits per heavy atom. The maximum atomic E-state index is 12.3. The Morgan fingerprint density at radius 3 is 2.45 bits per heavy atom. The maximum absolute atomic E-state index is 12.3. The normalized spacial score (nSPS) is 15.5. The van der Waals surface area contributed by atoms with Gasteiger partial charge in [-0.05, 0) is 30.3 Å². The average molecular weight is 288 g/mol. The number of fused-ring (bicyclic) bond motifs is 1. The molecule has 2 aromatic rings. The molecule has 102 valence electrons. The van der Waals surface area contributed by atoms with Gasteiger partial charge in [0.2, 0.25) is 9.84 Å². The molecule has 0 radical (unpaired) electrons. The van der Waals surface area contributed by atoms with Crippen molar-refractivity contribution in [1.29, 1.82) is 0 Å². The fraction of sp³-hybridized carbons (Fsp3) is 0.0667. The van der Waals surface area contributed by atoms with Crippen molar-refractivity contribution in [3.05, 3.63) is 59.0 Å². The van der Waals surface area contributed by atoms with E-state index < -0.39 is 9.84 Å². The van der Waals surface area contributed by atoms with Crippen molar-refractivity contribution in [2.24, 2.45) is 0 Å².